The van der Waals surface area contributed by atoms with Crippen LogP contribution in [0.1, 0.15) is 31.0 Å². The van der Waals surface area contributed by atoms with Crippen molar-refractivity contribution in [1.82, 2.24) is 20.4 Å². The van der Waals surface area contributed by atoms with Crippen LogP contribution >= 0.6 is 11.3 Å². The molecule has 0 spiro atoms. The summed E-state index contributed by atoms with van der Waals surface area (Å²) in [6.45, 7) is 6.54. The smallest absolute Gasteiger partial charge is 0.151 e. The van der Waals surface area contributed by atoms with Crippen molar-refractivity contribution in [2.75, 3.05) is 7.05 Å². The van der Waals surface area contributed by atoms with Gasteiger partial charge in [-0.3, -0.25) is 4.90 Å². The van der Waals surface area contributed by atoms with Crippen LogP contribution in [0.3, 0.4) is 0 Å². The van der Waals surface area contributed by atoms with Crippen molar-refractivity contribution in [1.29, 1.82) is 0 Å². The van der Waals surface area contributed by atoms with Gasteiger partial charge in [-0.15, -0.1) is 11.3 Å². The minimum Gasteiger partial charge on any atom is -0.360 e. The lowest BCUT2D eigenvalue weighted by molar-refractivity contribution is 0.263. The van der Waals surface area contributed by atoms with E-state index in [1.54, 1.807) is 11.3 Å². The van der Waals surface area contributed by atoms with Gasteiger partial charge < -0.3 is 9.84 Å². The molecular weight excluding hydrogens is 260 g/mol. The van der Waals surface area contributed by atoms with E-state index >= 15 is 0 Å². The van der Waals surface area contributed by atoms with Crippen LogP contribution in [-0.4, -0.2) is 28.1 Å². The highest BCUT2D eigenvalue weighted by Crippen LogP contribution is 2.10. The van der Waals surface area contributed by atoms with Gasteiger partial charge >= 0.3 is 0 Å². The molecule has 2 rings (SSSR count). The largest absolute Gasteiger partial charge is 0.360 e. The average Bonchev–Trinajstić information content (AvgIpc) is 2.98. The first-order valence-corrected chi connectivity index (χ1v) is 7.31. The maximum atomic E-state index is 5.34. The first-order chi connectivity index (χ1) is 9.13. The summed E-state index contributed by atoms with van der Waals surface area (Å²) >= 11 is 1.62. The van der Waals surface area contributed by atoms with Crippen molar-refractivity contribution in [2.24, 2.45) is 0 Å². The molecule has 0 aliphatic rings. The molecule has 0 unspecified atom stereocenters. The van der Waals surface area contributed by atoms with Crippen LogP contribution in [0.25, 0.3) is 0 Å². The van der Waals surface area contributed by atoms with Crippen LogP contribution < -0.4 is 5.32 Å². The van der Waals surface area contributed by atoms with Crippen molar-refractivity contribution in [2.45, 2.75) is 39.5 Å². The Labute approximate surface area is 117 Å². The molecule has 0 saturated heterocycles. The van der Waals surface area contributed by atoms with E-state index in [0.29, 0.717) is 6.04 Å². The summed E-state index contributed by atoms with van der Waals surface area (Å²) in [5.74, 6) is 0.887. The van der Waals surface area contributed by atoms with Crippen molar-refractivity contribution in [3.05, 3.63) is 34.1 Å². The van der Waals surface area contributed by atoms with E-state index in [4.69, 9.17) is 4.52 Å². The molecule has 0 aliphatic heterocycles. The predicted octanol–water partition coefficient (Wildman–Crippen LogP) is 2.26. The molecule has 0 fully saturated rings. The van der Waals surface area contributed by atoms with Crippen LogP contribution in [0.4, 0.5) is 0 Å². The van der Waals surface area contributed by atoms with E-state index in [9.17, 15) is 0 Å². The number of hydrogen-bond donors (Lipinski definition) is 1. The summed E-state index contributed by atoms with van der Waals surface area (Å²) in [6.07, 6.45) is 0. The molecule has 2 aromatic heterocycles. The number of nitrogens with zero attached hydrogens (tertiary/aromatic N) is 3. The molecule has 0 saturated carbocycles. The fourth-order valence-electron chi connectivity index (χ4n) is 1.74. The average molecular weight is 280 g/mol. The lowest BCUT2D eigenvalue weighted by Gasteiger charge is -2.12. The highest BCUT2D eigenvalue weighted by molar-refractivity contribution is 7.07. The second-order valence-corrected chi connectivity index (χ2v) is 5.69. The minimum atomic E-state index is 0.451. The van der Waals surface area contributed by atoms with Crippen molar-refractivity contribution >= 4 is 11.3 Å². The molecule has 2 heterocycles. The highest BCUT2D eigenvalue weighted by Gasteiger charge is 2.08. The fraction of sp³-hybridized carbons (Fsp3) is 0.538. The van der Waals surface area contributed by atoms with E-state index < -0.39 is 0 Å². The zero-order valence-electron chi connectivity index (χ0n) is 11.6. The molecule has 0 aliphatic carbocycles. The topological polar surface area (TPSA) is 54.2 Å². The van der Waals surface area contributed by atoms with Crippen molar-refractivity contribution in [3.63, 3.8) is 0 Å². The van der Waals surface area contributed by atoms with Gasteiger partial charge in [0.25, 0.3) is 0 Å². The van der Waals surface area contributed by atoms with Gasteiger partial charge in [0.15, 0.2) is 5.76 Å². The Morgan fingerprint density at radius 3 is 2.89 bits per heavy atom. The van der Waals surface area contributed by atoms with Crippen LogP contribution in [0.5, 0.6) is 0 Å². The number of nitrogens with one attached hydrogen (secondary N) is 1. The standard InChI is InChI=1S/C13H20N4OS/c1-10(2)14-5-11-4-13(18-16-11)7-17(3)6-12-8-19-9-15-12/h4,8-10,14H,5-7H2,1-3H3. The second kappa shape index (κ2) is 6.79. The Morgan fingerprint density at radius 1 is 1.37 bits per heavy atom. The molecule has 5 nitrogen and oxygen atoms in total. The van der Waals surface area contributed by atoms with E-state index in [-0.39, 0.29) is 0 Å². The molecule has 2 aromatic rings. The Morgan fingerprint density at radius 2 is 2.21 bits per heavy atom. The second-order valence-electron chi connectivity index (χ2n) is 4.97. The highest BCUT2D eigenvalue weighted by atomic mass is 32.1. The summed E-state index contributed by atoms with van der Waals surface area (Å²) in [7, 11) is 2.05. The summed E-state index contributed by atoms with van der Waals surface area (Å²) in [6, 6.07) is 2.46. The van der Waals surface area contributed by atoms with Crippen molar-refractivity contribution in [3.8, 4) is 0 Å². The number of hydrogen-bond acceptors (Lipinski definition) is 6. The van der Waals surface area contributed by atoms with Crippen LogP contribution in [0, 0.1) is 0 Å². The van der Waals surface area contributed by atoms with Gasteiger partial charge in [-0.25, -0.2) is 4.98 Å². The molecule has 0 atom stereocenters. The van der Waals surface area contributed by atoms with E-state index in [2.05, 4.69) is 39.6 Å². The van der Waals surface area contributed by atoms with Crippen molar-refractivity contribution < 1.29 is 4.52 Å². The van der Waals surface area contributed by atoms with Gasteiger partial charge in [0.05, 0.1) is 23.4 Å². The molecule has 0 radical (unpaired) electrons. The molecule has 6 heteroatoms. The third kappa shape index (κ3) is 4.74. The summed E-state index contributed by atoms with van der Waals surface area (Å²) in [5, 5.41) is 9.44. The third-order valence-electron chi connectivity index (χ3n) is 2.64. The Kier molecular flexibility index (Phi) is 5.07. The SMILES string of the molecule is CC(C)NCc1cc(CN(C)Cc2cscn2)on1. The zero-order valence-corrected chi connectivity index (χ0v) is 12.4. The first kappa shape index (κ1) is 14.2. The van der Waals surface area contributed by atoms with E-state index in [1.165, 1.54) is 0 Å². The van der Waals surface area contributed by atoms with Gasteiger partial charge in [-0.1, -0.05) is 19.0 Å². The van der Waals surface area contributed by atoms with Gasteiger partial charge in [0, 0.05) is 30.6 Å². The quantitative estimate of drug-likeness (QED) is 0.843. The molecular formula is C13H20N4OS. The molecule has 0 bridgehead atoms. The summed E-state index contributed by atoms with van der Waals surface area (Å²) in [4.78, 5) is 6.43. The molecule has 104 valence electrons. The fourth-order valence-corrected chi connectivity index (χ4v) is 2.29. The van der Waals surface area contributed by atoms with Gasteiger partial charge in [-0.05, 0) is 7.05 Å². The number of thiazole rings is 1. The third-order valence-corrected chi connectivity index (χ3v) is 3.28. The molecule has 1 N–H and O–H groups in total. The molecule has 19 heavy (non-hydrogen) atoms. The maximum absolute atomic E-state index is 5.34. The lowest BCUT2D eigenvalue weighted by Crippen LogP contribution is -2.21. The van der Waals surface area contributed by atoms with Gasteiger partial charge in [0.1, 0.15) is 0 Å². The van der Waals surface area contributed by atoms with E-state index in [0.717, 1.165) is 36.8 Å². The van der Waals surface area contributed by atoms with Gasteiger partial charge in [0.2, 0.25) is 0 Å². The minimum absolute atomic E-state index is 0.451. The van der Waals surface area contributed by atoms with Gasteiger partial charge in [-0.2, -0.15) is 0 Å². The van der Waals surface area contributed by atoms with Crippen LogP contribution in [0.15, 0.2) is 21.5 Å². The van der Waals surface area contributed by atoms with E-state index in [1.807, 2.05) is 18.6 Å². The Balaban J connectivity index is 1.82. The number of aromatic nitrogens is 2. The molecule has 0 aromatic carbocycles. The van der Waals surface area contributed by atoms with Crippen LogP contribution in [-0.2, 0) is 19.6 Å². The lowest BCUT2D eigenvalue weighted by atomic mass is 10.3. The Hall–Kier alpha value is -1.24. The Bertz CT molecular complexity index is 481. The normalized spacial score (nSPS) is 11.6. The first-order valence-electron chi connectivity index (χ1n) is 6.37. The summed E-state index contributed by atoms with van der Waals surface area (Å²) < 4.78 is 5.34. The molecule has 0 amide bonds. The monoisotopic (exact) mass is 280 g/mol. The number of rotatable bonds is 7. The zero-order chi connectivity index (χ0) is 13.7. The van der Waals surface area contributed by atoms with Crippen LogP contribution in [0.2, 0.25) is 0 Å². The summed E-state index contributed by atoms with van der Waals surface area (Å²) in [5.41, 5.74) is 3.90. The maximum Gasteiger partial charge on any atom is 0.151 e. The predicted molar refractivity (Wildman–Crippen MR) is 75.8 cm³/mol.